The summed E-state index contributed by atoms with van der Waals surface area (Å²) in [6.45, 7) is 1.75. The Kier molecular flexibility index (Phi) is 5.96. The number of hydrogen-bond donors (Lipinski definition) is 6. The SMILES string of the molecule is CC[C@@H](Nc1nc(Nc2cccc(Nn3cccn3)c2)c(C(N)=O)c(=O)[nH]1)C(N)=O. The van der Waals surface area contributed by atoms with Crippen molar-refractivity contribution in [2.24, 2.45) is 11.5 Å². The molecule has 0 fully saturated rings. The van der Waals surface area contributed by atoms with Crippen molar-refractivity contribution in [3.05, 3.63) is 58.6 Å². The topological polar surface area (TPSA) is 186 Å². The number of hydrogen-bond acceptors (Lipinski definition) is 8. The molecule has 0 aliphatic carbocycles. The van der Waals surface area contributed by atoms with Crippen molar-refractivity contribution in [2.75, 3.05) is 16.1 Å². The third kappa shape index (κ3) is 4.73. The van der Waals surface area contributed by atoms with Crippen molar-refractivity contribution >= 4 is 35.0 Å². The summed E-state index contributed by atoms with van der Waals surface area (Å²) >= 11 is 0. The predicted octanol–water partition coefficient (Wildman–Crippen LogP) is 0.360. The van der Waals surface area contributed by atoms with Gasteiger partial charge in [-0.15, -0.1) is 0 Å². The number of aromatic amines is 1. The summed E-state index contributed by atoms with van der Waals surface area (Å²) in [6, 6.07) is 8.01. The third-order valence-electron chi connectivity index (χ3n) is 4.10. The normalized spacial score (nSPS) is 11.5. The lowest BCUT2D eigenvalue weighted by atomic mass is 10.2. The highest BCUT2D eigenvalue weighted by atomic mass is 16.2. The fourth-order valence-corrected chi connectivity index (χ4v) is 2.67. The number of nitrogens with one attached hydrogen (secondary N) is 4. The van der Waals surface area contributed by atoms with Crippen LogP contribution in [-0.4, -0.2) is 37.7 Å². The van der Waals surface area contributed by atoms with Gasteiger partial charge < -0.3 is 22.1 Å². The lowest BCUT2D eigenvalue weighted by Gasteiger charge is -2.16. The maximum atomic E-state index is 12.4. The Balaban J connectivity index is 1.93. The first-order valence-electron chi connectivity index (χ1n) is 9.01. The molecule has 0 aliphatic rings. The lowest BCUT2D eigenvalue weighted by Crippen LogP contribution is -2.36. The molecular weight excluding hydrogens is 390 g/mol. The van der Waals surface area contributed by atoms with Gasteiger partial charge in [-0.25, -0.2) is 0 Å². The van der Waals surface area contributed by atoms with E-state index in [4.69, 9.17) is 11.5 Å². The maximum Gasteiger partial charge on any atom is 0.267 e. The van der Waals surface area contributed by atoms with Crippen molar-refractivity contribution in [3.8, 4) is 0 Å². The molecule has 0 radical (unpaired) electrons. The fourth-order valence-electron chi connectivity index (χ4n) is 2.67. The number of primary amides is 2. The number of carbonyl (C=O) groups excluding carboxylic acids is 2. The fraction of sp³-hybridized carbons (Fsp3) is 0.167. The molecule has 12 heteroatoms. The smallest absolute Gasteiger partial charge is 0.267 e. The van der Waals surface area contributed by atoms with Crippen LogP contribution in [0.4, 0.5) is 23.1 Å². The average molecular weight is 411 g/mol. The van der Waals surface area contributed by atoms with Crippen molar-refractivity contribution in [1.82, 2.24) is 19.9 Å². The molecule has 0 unspecified atom stereocenters. The standard InChI is InChI=1S/C18H21N9O3/c1-2-12(14(19)28)23-18-24-16(13(15(20)29)17(30)25-18)22-10-5-3-6-11(9-10)26-27-8-4-7-21-27/h3-9,12,26H,2H2,1H3,(H2,19,28)(H2,20,29)(H3,22,23,24,25,30)/t12-/m1/s1. The zero-order chi connectivity index (χ0) is 21.7. The molecule has 0 spiro atoms. The van der Waals surface area contributed by atoms with E-state index in [1.165, 1.54) is 4.79 Å². The van der Waals surface area contributed by atoms with Crippen LogP contribution in [0.3, 0.4) is 0 Å². The maximum absolute atomic E-state index is 12.4. The summed E-state index contributed by atoms with van der Waals surface area (Å²) in [6.07, 6.45) is 3.73. The van der Waals surface area contributed by atoms with Crippen LogP contribution in [0, 0.1) is 0 Å². The van der Waals surface area contributed by atoms with E-state index in [9.17, 15) is 14.4 Å². The van der Waals surface area contributed by atoms with Gasteiger partial charge in [0.05, 0.1) is 11.9 Å². The minimum Gasteiger partial charge on any atom is -0.368 e. The number of anilines is 4. The first-order valence-corrected chi connectivity index (χ1v) is 9.01. The molecule has 1 atom stereocenters. The molecule has 156 valence electrons. The van der Waals surface area contributed by atoms with Gasteiger partial charge in [0.15, 0.2) is 5.82 Å². The van der Waals surface area contributed by atoms with Gasteiger partial charge in [0.2, 0.25) is 11.9 Å². The number of amides is 2. The second-order valence-corrected chi connectivity index (χ2v) is 6.28. The number of benzene rings is 1. The molecule has 12 nitrogen and oxygen atoms in total. The van der Waals surface area contributed by atoms with Gasteiger partial charge in [0.25, 0.3) is 11.5 Å². The van der Waals surface area contributed by atoms with Gasteiger partial charge in [-0.1, -0.05) is 13.0 Å². The number of rotatable bonds is 9. The van der Waals surface area contributed by atoms with Crippen LogP contribution < -0.4 is 33.1 Å². The Bertz CT molecular complexity index is 1110. The summed E-state index contributed by atoms with van der Waals surface area (Å²) in [5, 5.41) is 9.72. The van der Waals surface area contributed by atoms with Crippen LogP contribution in [0.1, 0.15) is 23.7 Å². The molecule has 2 aromatic heterocycles. The van der Waals surface area contributed by atoms with E-state index in [-0.39, 0.29) is 17.3 Å². The largest absolute Gasteiger partial charge is 0.368 e. The summed E-state index contributed by atoms with van der Waals surface area (Å²) in [4.78, 5) is 43.8. The highest BCUT2D eigenvalue weighted by Gasteiger charge is 2.19. The van der Waals surface area contributed by atoms with E-state index in [2.05, 4.69) is 31.1 Å². The monoisotopic (exact) mass is 411 g/mol. The van der Waals surface area contributed by atoms with Crippen LogP contribution in [0.15, 0.2) is 47.5 Å². The average Bonchev–Trinajstić information content (AvgIpc) is 3.18. The summed E-state index contributed by atoms with van der Waals surface area (Å²) in [7, 11) is 0. The van der Waals surface area contributed by atoms with Gasteiger partial charge in [-0.2, -0.15) is 14.9 Å². The molecule has 0 aliphatic heterocycles. The van der Waals surface area contributed by atoms with Crippen molar-refractivity contribution in [2.45, 2.75) is 19.4 Å². The van der Waals surface area contributed by atoms with Gasteiger partial charge >= 0.3 is 0 Å². The highest BCUT2D eigenvalue weighted by Crippen LogP contribution is 2.21. The highest BCUT2D eigenvalue weighted by molar-refractivity contribution is 5.98. The summed E-state index contributed by atoms with van der Waals surface area (Å²) in [5.41, 5.74) is 13.8. The molecular formula is C18H21N9O3. The summed E-state index contributed by atoms with van der Waals surface area (Å²) < 4.78 is 0. The van der Waals surface area contributed by atoms with Gasteiger partial charge in [-0.05, 0) is 30.7 Å². The van der Waals surface area contributed by atoms with Crippen molar-refractivity contribution < 1.29 is 9.59 Å². The number of nitrogens with two attached hydrogens (primary N) is 2. The molecule has 0 saturated heterocycles. The van der Waals surface area contributed by atoms with Gasteiger partial charge in [0.1, 0.15) is 11.6 Å². The van der Waals surface area contributed by atoms with Gasteiger partial charge in [0, 0.05) is 11.9 Å². The van der Waals surface area contributed by atoms with Crippen LogP contribution in [0.2, 0.25) is 0 Å². The first-order chi connectivity index (χ1) is 14.4. The molecule has 3 aromatic rings. The van der Waals surface area contributed by atoms with Crippen LogP contribution >= 0.6 is 0 Å². The number of nitrogens with zero attached hydrogens (tertiary/aromatic N) is 3. The van der Waals surface area contributed by atoms with Gasteiger partial charge in [-0.3, -0.25) is 24.8 Å². The Labute approximate surface area is 170 Å². The van der Waals surface area contributed by atoms with E-state index in [0.717, 1.165) is 0 Å². The second kappa shape index (κ2) is 8.77. The number of aromatic nitrogens is 4. The molecule has 2 heterocycles. The molecule has 3 rings (SSSR count). The van der Waals surface area contributed by atoms with Crippen molar-refractivity contribution in [3.63, 3.8) is 0 Å². The second-order valence-electron chi connectivity index (χ2n) is 6.28. The molecule has 0 bridgehead atoms. The quantitative estimate of drug-likeness (QED) is 0.291. The predicted molar refractivity (Wildman–Crippen MR) is 111 cm³/mol. The molecule has 8 N–H and O–H groups in total. The van der Waals surface area contributed by atoms with Crippen LogP contribution in [0.25, 0.3) is 0 Å². The van der Waals surface area contributed by atoms with E-state index < -0.39 is 23.4 Å². The lowest BCUT2D eigenvalue weighted by molar-refractivity contribution is -0.118. The number of H-pyrrole nitrogens is 1. The molecule has 30 heavy (non-hydrogen) atoms. The van der Waals surface area contributed by atoms with Crippen molar-refractivity contribution in [1.29, 1.82) is 0 Å². The molecule has 2 amide bonds. The Morgan fingerprint density at radius 1 is 1.23 bits per heavy atom. The first kappa shape index (κ1) is 20.4. The van der Waals surface area contributed by atoms with Crippen LogP contribution in [0.5, 0.6) is 0 Å². The number of carbonyl (C=O) groups is 2. The van der Waals surface area contributed by atoms with E-state index in [1.807, 2.05) is 0 Å². The van der Waals surface area contributed by atoms with E-state index in [0.29, 0.717) is 17.8 Å². The Hall–Kier alpha value is -4.35. The van der Waals surface area contributed by atoms with E-state index >= 15 is 0 Å². The minimum atomic E-state index is -0.953. The zero-order valence-electron chi connectivity index (χ0n) is 16.0. The molecule has 1 aromatic carbocycles. The minimum absolute atomic E-state index is 0.0241. The third-order valence-corrected chi connectivity index (χ3v) is 4.10. The van der Waals surface area contributed by atoms with Crippen LogP contribution in [-0.2, 0) is 4.79 Å². The van der Waals surface area contributed by atoms with E-state index in [1.54, 1.807) is 49.6 Å². The molecule has 0 saturated carbocycles. The zero-order valence-corrected chi connectivity index (χ0v) is 16.0. The Morgan fingerprint density at radius 2 is 2.00 bits per heavy atom. The summed E-state index contributed by atoms with van der Waals surface area (Å²) in [5.74, 6) is -1.65. The Morgan fingerprint density at radius 3 is 2.63 bits per heavy atom.